The molecule has 1 saturated heterocycles. The molecule has 4 nitrogen and oxygen atoms in total. The lowest BCUT2D eigenvalue weighted by molar-refractivity contribution is 0.105. The summed E-state index contributed by atoms with van der Waals surface area (Å²) in [4.78, 5) is 5.12. The average molecular weight is 493 g/mol. The molecule has 0 aromatic heterocycles. The highest BCUT2D eigenvalue weighted by atomic mass is 16.5. The SMILES string of the molecule is c1ccc(COc2ccccc2O[C@@H](CCN2CCN(Cc3ccccc3)CC2)c2ccccc2)cc1. The molecule has 0 N–H and O–H groups in total. The largest absolute Gasteiger partial charge is 0.485 e. The van der Waals surface area contributed by atoms with E-state index < -0.39 is 0 Å². The molecule has 1 fully saturated rings. The molecule has 0 amide bonds. The van der Waals surface area contributed by atoms with Gasteiger partial charge in [0.15, 0.2) is 11.5 Å². The molecule has 5 rings (SSSR count). The van der Waals surface area contributed by atoms with E-state index in [2.05, 4.69) is 82.6 Å². The van der Waals surface area contributed by atoms with E-state index in [1.165, 1.54) is 11.1 Å². The van der Waals surface area contributed by atoms with Gasteiger partial charge in [-0.3, -0.25) is 4.90 Å². The van der Waals surface area contributed by atoms with Crippen molar-refractivity contribution in [3.8, 4) is 11.5 Å². The lowest BCUT2D eigenvalue weighted by Crippen LogP contribution is -2.46. The molecule has 1 heterocycles. The second kappa shape index (κ2) is 13.1. The van der Waals surface area contributed by atoms with Crippen LogP contribution in [-0.2, 0) is 13.2 Å². The summed E-state index contributed by atoms with van der Waals surface area (Å²) in [5.74, 6) is 1.57. The van der Waals surface area contributed by atoms with Gasteiger partial charge in [-0.1, -0.05) is 103 Å². The minimum atomic E-state index is -0.0370. The van der Waals surface area contributed by atoms with Gasteiger partial charge in [0.05, 0.1) is 0 Å². The van der Waals surface area contributed by atoms with Gasteiger partial charge in [0.2, 0.25) is 0 Å². The van der Waals surface area contributed by atoms with E-state index in [1.54, 1.807) is 0 Å². The van der Waals surface area contributed by atoms with Crippen LogP contribution in [0.15, 0.2) is 115 Å². The molecule has 0 unspecified atom stereocenters. The molecule has 1 atom stereocenters. The summed E-state index contributed by atoms with van der Waals surface area (Å²) in [5.41, 5.74) is 3.73. The third kappa shape index (κ3) is 7.45. The van der Waals surface area contributed by atoms with Crippen LogP contribution in [0.4, 0.5) is 0 Å². The van der Waals surface area contributed by atoms with Crippen LogP contribution in [0.5, 0.6) is 11.5 Å². The quantitative estimate of drug-likeness (QED) is 0.236. The summed E-state index contributed by atoms with van der Waals surface area (Å²) < 4.78 is 12.8. The fourth-order valence-electron chi connectivity index (χ4n) is 4.83. The summed E-state index contributed by atoms with van der Waals surface area (Å²) in [7, 11) is 0. The van der Waals surface area contributed by atoms with E-state index in [9.17, 15) is 0 Å². The predicted octanol–water partition coefficient (Wildman–Crippen LogP) is 6.59. The molecule has 4 aromatic rings. The van der Waals surface area contributed by atoms with E-state index in [0.29, 0.717) is 6.61 Å². The second-order valence-corrected chi connectivity index (χ2v) is 9.63. The monoisotopic (exact) mass is 492 g/mol. The fourth-order valence-corrected chi connectivity index (χ4v) is 4.83. The van der Waals surface area contributed by atoms with Gasteiger partial charge < -0.3 is 14.4 Å². The number of hydrogen-bond acceptors (Lipinski definition) is 4. The first-order chi connectivity index (χ1) is 18.3. The van der Waals surface area contributed by atoms with Crippen molar-refractivity contribution in [1.29, 1.82) is 0 Å². The highest BCUT2D eigenvalue weighted by molar-refractivity contribution is 5.40. The van der Waals surface area contributed by atoms with E-state index >= 15 is 0 Å². The summed E-state index contributed by atoms with van der Waals surface area (Å²) in [6.45, 7) is 6.93. The van der Waals surface area contributed by atoms with Crippen molar-refractivity contribution in [2.75, 3.05) is 32.7 Å². The number of hydrogen-bond donors (Lipinski definition) is 0. The minimum absolute atomic E-state index is 0.0370. The molecule has 1 aliphatic heterocycles. The molecule has 0 saturated carbocycles. The highest BCUT2D eigenvalue weighted by Crippen LogP contribution is 2.33. The van der Waals surface area contributed by atoms with Gasteiger partial charge in [-0.25, -0.2) is 0 Å². The molecule has 4 aromatic carbocycles. The second-order valence-electron chi connectivity index (χ2n) is 9.63. The lowest BCUT2D eigenvalue weighted by atomic mass is 10.1. The number of ether oxygens (including phenoxy) is 2. The summed E-state index contributed by atoms with van der Waals surface area (Å²) in [6.07, 6.45) is 0.889. The normalized spacial score (nSPS) is 15.2. The Labute approximate surface area is 221 Å². The van der Waals surface area contributed by atoms with Gasteiger partial charge in [0.25, 0.3) is 0 Å². The molecule has 0 radical (unpaired) electrons. The van der Waals surface area contributed by atoms with E-state index in [-0.39, 0.29) is 6.10 Å². The molecule has 0 spiro atoms. The first-order valence-corrected chi connectivity index (χ1v) is 13.3. The van der Waals surface area contributed by atoms with Crippen LogP contribution in [0, 0.1) is 0 Å². The molecule has 4 heteroatoms. The van der Waals surface area contributed by atoms with Crippen LogP contribution in [0.2, 0.25) is 0 Å². The van der Waals surface area contributed by atoms with E-state index in [4.69, 9.17) is 9.47 Å². The standard InChI is InChI=1S/C33H36N2O2/c1-4-12-28(13-5-1)26-35-24-22-34(23-25-35)21-20-31(30-16-8-3-9-17-30)37-33-19-11-10-18-32(33)36-27-29-14-6-2-7-15-29/h1-19,31H,20-27H2/t31-/m0/s1. The smallest absolute Gasteiger partial charge is 0.162 e. The van der Waals surface area contributed by atoms with Crippen molar-refractivity contribution in [1.82, 2.24) is 9.80 Å². The Balaban J connectivity index is 1.19. The van der Waals surface area contributed by atoms with Crippen LogP contribution in [0.25, 0.3) is 0 Å². The van der Waals surface area contributed by atoms with Crippen LogP contribution >= 0.6 is 0 Å². The maximum Gasteiger partial charge on any atom is 0.162 e. The molecule has 37 heavy (non-hydrogen) atoms. The Morgan fingerprint density at radius 1 is 0.568 bits per heavy atom. The fraction of sp³-hybridized carbons (Fsp3) is 0.273. The molecular weight excluding hydrogens is 456 g/mol. The zero-order chi connectivity index (χ0) is 25.1. The summed E-state index contributed by atoms with van der Waals surface area (Å²) in [6, 6.07) is 39.6. The minimum Gasteiger partial charge on any atom is -0.485 e. The first-order valence-electron chi connectivity index (χ1n) is 13.3. The first kappa shape index (κ1) is 25.1. The Bertz CT molecular complexity index is 1190. The summed E-state index contributed by atoms with van der Waals surface area (Å²) in [5, 5.41) is 0. The van der Waals surface area contributed by atoms with E-state index in [1.807, 2.05) is 42.5 Å². The number of rotatable bonds is 11. The highest BCUT2D eigenvalue weighted by Gasteiger charge is 2.21. The van der Waals surface area contributed by atoms with Crippen LogP contribution in [0.1, 0.15) is 29.2 Å². The Hall–Kier alpha value is -3.60. The van der Waals surface area contributed by atoms with Gasteiger partial charge >= 0.3 is 0 Å². The molecule has 1 aliphatic rings. The van der Waals surface area contributed by atoms with Crippen molar-refractivity contribution in [3.05, 3.63) is 132 Å². The molecule has 0 bridgehead atoms. The third-order valence-corrected chi connectivity index (χ3v) is 6.95. The topological polar surface area (TPSA) is 24.9 Å². The molecule has 0 aliphatic carbocycles. The Morgan fingerprint density at radius 2 is 1.11 bits per heavy atom. The predicted molar refractivity (Wildman–Crippen MR) is 150 cm³/mol. The van der Waals surface area contributed by atoms with Crippen molar-refractivity contribution >= 4 is 0 Å². The van der Waals surface area contributed by atoms with E-state index in [0.717, 1.165) is 62.8 Å². The number of piperazine rings is 1. The number of nitrogens with zero attached hydrogens (tertiary/aromatic N) is 2. The van der Waals surface area contributed by atoms with Gasteiger partial charge in [0, 0.05) is 45.7 Å². The maximum atomic E-state index is 6.65. The van der Waals surface area contributed by atoms with Gasteiger partial charge in [-0.05, 0) is 28.8 Å². The van der Waals surface area contributed by atoms with Gasteiger partial charge in [0.1, 0.15) is 12.7 Å². The zero-order valence-electron chi connectivity index (χ0n) is 21.4. The average Bonchev–Trinajstić information content (AvgIpc) is 2.97. The molecular formula is C33H36N2O2. The molecule has 190 valence electrons. The number of benzene rings is 4. The zero-order valence-corrected chi connectivity index (χ0v) is 21.4. The van der Waals surface area contributed by atoms with Crippen LogP contribution in [-0.4, -0.2) is 42.5 Å². The Morgan fingerprint density at radius 3 is 1.78 bits per heavy atom. The van der Waals surface area contributed by atoms with Crippen molar-refractivity contribution < 1.29 is 9.47 Å². The lowest BCUT2D eigenvalue weighted by Gasteiger charge is -2.35. The van der Waals surface area contributed by atoms with Crippen molar-refractivity contribution in [3.63, 3.8) is 0 Å². The van der Waals surface area contributed by atoms with Crippen molar-refractivity contribution in [2.45, 2.75) is 25.7 Å². The maximum absolute atomic E-state index is 6.65. The van der Waals surface area contributed by atoms with Crippen LogP contribution in [0.3, 0.4) is 0 Å². The van der Waals surface area contributed by atoms with Crippen molar-refractivity contribution in [2.24, 2.45) is 0 Å². The van der Waals surface area contributed by atoms with Gasteiger partial charge in [-0.15, -0.1) is 0 Å². The Kier molecular flexibility index (Phi) is 8.87. The number of para-hydroxylation sites is 2. The summed E-state index contributed by atoms with van der Waals surface area (Å²) >= 11 is 0. The third-order valence-electron chi connectivity index (χ3n) is 6.95. The van der Waals surface area contributed by atoms with Crippen LogP contribution < -0.4 is 9.47 Å². The van der Waals surface area contributed by atoms with Gasteiger partial charge in [-0.2, -0.15) is 0 Å².